The molecule has 1 aliphatic heterocycles. The van der Waals surface area contributed by atoms with Crippen molar-refractivity contribution in [3.05, 3.63) is 53.2 Å². The second-order valence-corrected chi connectivity index (χ2v) is 5.99. The Morgan fingerprint density at radius 2 is 2.25 bits per heavy atom. The number of carbonyl (C=O) groups excluding carboxylic acids is 1. The van der Waals surface area contributed by atoms with Gasteiger partial charge in [-0.1, -0.05) is 17.3 Å². The Bertz CT molecular complexity index is 679. The smallest absolute Gasteiger partial charge is 0.184 e. The molecule has 3 rings (SSSR count). The highest BCUT2D eigenvalue weighted by molar-refractivity contribution is 5.94. The van der Waals surface area contributed by atoms with Crippen LogP contribution in [0.15, 0.2) is 34.9 Å². The molecular formula is C18H20FNO4. The molecule has 1 saturated heterocycles. The molecule has 0 radical (unpaired) electrons. The third kappa shape index (κ3) is 4.72. The molecule has 2 heterocycles. The van der Waals surface area contributed by atoms with Gasteiger partial charge in [-0.05, 0) is 36.5 Å². The van der Waals surface area contributed by atoms with Gasteiger partial charge in [0, 0.05) is 25.7 Å². The second-order valence-electron chi connectivity index (χ2n) is 5.99. The van der Waals surface area contributed by atoms with E-state index in [2.05, 4.69) is 5.16 Å². The highest BCUT2D eigenvalue weighted by Gasteiger charge is 2.19. The average molecular weight is 333 g/mol. The summed E-state index contributed by atoms with van der Waals surface area (Å²) in [6.45, 7) is 1.98. The van der Waals surface area contributed by atoms with Crippen LogP contribution >= 0.6 is 0 Å². The predicted octanol–water partition coefficient (Wildman–Crippen LogP) is 3.53. The summed E-state index contributed by atoms with van der Waals surface area (Å²) in [5, 5.41) is 3.81. The minimum absolute atomic E-state index is 0.0259. The van der Waals surface area contributed by atoms with Gasteiger partial charge in [0.05, 0.1) is 6.61 Å². The molecule has 0 spiro atoms. The van der Waals surface area contributed by atoms with Gasteiger partial charge in [0.25, 0.3) is 0 Å². The Morgan fingerprint density at radius 3 is 3.04 bits per heavy atom. The molecule has 0 saturated carbocycles. The first-order valence-electron chi connectivity index (χ1n) is 8.09. The lowest BCUT2D eigenvalue weighted by Gasteiger charge is -2.04. The van der Waals surface area contributed by atoms with E-state index in [1.54, 1.807) is 18.2 Å². The molecule has 1 fully saturated rings. The van der Waals surface area contributed by atoms with Gasteiger partial charge in [0.2, 0.25) is 0 Å². The number of rotatable bonds is 8. The second kappa shape index (κ2) is 8.17. The summed E-state index contributed by atoms with van der Waals surface area (Å²) in [5.41, 5.74) is 1.07. The van der Waals surface area contributed by atoms with Crippen LogP contribution in [0.4, 0.5) is 4.39 Å². The van der Waals surface area contributed by atoms with E-state index < -0.39 is 0 Å². The minimum Gasteiger partial charge on any atom is -0.381 e. The zero-order chi connectivity index (χ0) is 16.8. The van der Waals surface area contributed by atoms with Crippen LogP contribution in [0.1, 0.15) is 41.1 Å². The number of nitrogens with zero attached hydrogens (tertiary/aromatic N) is 1. The number of halogens is 1. The van der Waals surface area contributed by atoms with Crippen LogP contribution in [0, 0.1) is 11.7 Å². The Morgan fingerprint density at radius 1 is 1.33 bits per heavy atom. The number of ketones is 1. The number of Topliss-reactive ketones (excluding diaryl/α,β-unsaturated/α-hetero) is 1. The number of benzene rings is 1. The largest absolute Gasteiger partial charge is 0.381 e. The zero-order valence-corrected chi connectivity index (χ0v) is 13.4. The Kier molecular flexibility index (Phi) is 5.72. The van der Waals surface area contributed by atoms with Crippen molar-refractivity contribution in [3.63, 3.8) is 0 Å². The number of ether oxygens (including phenoxy) is 2. The van der Waals surface area contributed by atoms with Gasteiger partial charge in [-0.2, -0.15) is 0 Å². The van der Waals surface area contributed by atoms with Gasteiger partial charge in [-0.15, -0.1) is 0 Å². The number of hydrogen-bond acceptors (Lipinski definition) is 5. The molecule has 24 heavy (non-hydrogen) atoms. The van der Waals surface area contributed by atoms with Crippen LogP contribution in [-0.4, -0.2) is 24.2 Å². The molecule has 2 aromatic rings. The quantitative estimate of drug-likeness (QED) is 0.692. The lowest BCUT2D eigenvalue weighted by Crippen LogP contribution is -2.05. The van der Waals surface area contributed by atoms with Crippen LogP contribution in [0.5, 0.6) is 0 Å². The van der Waals surface area contributed by atoms with Crippen molar-refractivity contribution in [1.82, 2.24) is 5.16 Å². The normalized spacial score (nSPS) is 17.3. The molecule has 1 aromatic carbocycles. The predicted molar refractivity (Wildman–Crippen MR) is 83.9 cm³/mol. The summed E-state index contributed by atoms with van der Waals surface area (Å²) < 4.78 is 29.0. The van der Waals surface area contributed by atoms with Crippen molar-refractivity contribution < 1.29 is 23.2 Å². The van der Waals surface area contributed by atoms with Crippen LogP contribution in [0.2, 0.25) is 0 Å². The maximum atomic E-state index is 13.1. The lowest BCUT2D eigenvalue weighted by atomic mass is 10.00. The fourth-order valence-corrected chi connectivity index (χ4v) is 2.68. The minimum atomic E-state index is -0.295. The van der Waals surface area contributed by atoms with Crippen molar-refractivity contribution in [2.24, 2.45) is 5.92 Å². The monoisotopic (exact) mass is 333 g/mol. The van der Waals surface area contributed by atoms with Crippen LogP contribution < -0.4 is 0 Å². The molecule has 1 aliphatic rings. The third-order valence-corrected chi connectivity index (χ3v) is 4.05. The van der Waals surface area contributed by atoms with Gasteiger partial charge in [0.1, 0.15) is 18.1 Å². The summed E-state index contributed by atoms with van der Waals surface area (Å²) in [6.07, 6.45) is 2.28. The van der Waals surface area contributed by atoms with Crippen LogP contribution in [0.25, 0.3) is 0 Å². The van der Waals surface area contributed by atoms with Crippen molar-refractivity contribution in [2.45, 2.75) is 32.5 Å². The first-order valence-corrected chi connectivity index (χ1v) is 8.09. The summed E-state index contributed by atoms with van der Waals surface area (Å²) in [7, 11) is 0. The third-order valence-electron chi connectivity index (χ3n) is 4.05. The van der Waals surface area contributed by atoms with E-state index in [0.717, 1.165) is 31.6 Å². The maximum absolute atomic E-state index is 13.1. The maximum Gasteiger partial charge on any atom is 0.184 e. The van der Waals surface area contributed by atoms with E-state index in [9.17, 15) is 9.18 Å². The SMILES string of the molecule is O=C(CCC1CCOC1)c1cc(COCc2cccc(F)c2)on1. The van der Waals surface area contributed by atoms with E-state index in [0.29, 0.717) is 23.8 Å². The van der Waals surface area contributed by atoms with Crippen molar-refractivity contribution in [3.8, 4) is 0 Å². The fraction of sp³-hybridized carbons (Fsp3) is 0.444. The molecule has 1 unspecified atom stereocenters. The summed E-state index contributed by atoms with van der Waals surface area (Å²) in [6, 6.07) is 7.83. The summed E-state index contributed by atoms with van der Waals surface area (Å²) >= 11 is 0. The highest BCUT2D eigenvalue weighted by atomic mass is 19.1. The fourth-order valence-electron chi connectivity index (χ4n) is 2.68. The Balaban J connectivity index is 1.43. The molecule has 128 valence electrons. The van der Waals surface area contributed by atoms with E-state index in [1.807, 2.05) is 0 Å². The van der Waals surface area contributed by atoms with Crippen LogP contribution in [-0.2, 0) is 22.7 Å². The number of carbonyl (C=O) groups is 1. The van der Waals surface area contributed by atoms with Gasteiger partial charge < -0.3 is 14.0 Å². The van der Waals surface area contributed by atoms with E-state index >= 15 is 0 Å². The molecule has 0 amide bonds. The van der Waals surface area contributed by atoms with Gasteiger partial charge in [0.15, 0.2) is 11.5 Å². The Hall–Kier alpha value is -2.05. The average Bonchev–Trinajstić information content (AvgIpc) is 3.24. The molecular weight excluding hydrogens is 313 g/mol. The van der Waals surface area contributed by atoms with E-state index in [1.165, 1.54) is 12.1 Å². The lowest BCUT2D eigenvalue weighted by molar-refractivity contribution is 0.0877. The summed E-state index contributed by atoms with van der Waals surface area (Å²) in [5.74, 6) is 0.632. The van der Waals surface area contributed by atoms with Crippen molar-refractivity contribution in [2.75, 3.05) is 13.2 Å². The zero-order valence-electron chi connectivity index (χ0n) is 13.4. The molecule has 0 bridgehead atoms. The van der Waals surface area contributed by atoms with Gasteiger partial charge in [-0.3, -0.25) is 4.79 Å². The molecule has 1 atom stereocenters. The molecule has 5 nitrogen and oxygen atoms in total. The van der Waals surface area contributed by atoms with Gasteiger partial charge in [-0.25, -0.2) is 4.39 Å². The molecule has 6 heteroatoms. The number of aromatic nitrogens is 1. The van der Waals surface area contributed by atoms with E-state index in [4.69, 9.17) is 14.0 Å². The first-order chi connectivity index (χ1) is 11.7. The highest BCUT2D eigenvalue weighted by Crippen LogP contribution is 2.19. The van der Waals surface area contributed by atoms with Gasteiger partial charge >= 0.3 is 0 Å². The standard InChI is InChI=1S/C18H20FNO4/c19-15-3-1-2-14(8-15)11-23-12-16-9-17(20-24-16)18(21)5-4-13-6-7-22-10-13/h1-3,8-9,13H,4-7,10-12H2. The number of hydrogen-bond donors (Lipinski definition) is 0. The summed E-state index contributed by atoms with van der Waals surface area (Å²) in [4.78, 5) is 12.1. The van der Waals surface area contributed by atoms with Crippen molar-refractivity contribution >= 4 is 5.78 Å². The molecule has 1 aromatic heterocycles. The van der Waals surface area contributed by atoms with E-state index in [-0.39, 0.29) is 24.8 Å². The molecule has 0 aliphatic carbocycles. The van der Waals surface area contributed by atoms with Crippen molar-refractivity contribution in [1.29, 1.82) is 0 Å². The Labute approximate surface area is 139 Å². The molecule has 0 N–H and O–H groups in total. The first kappa shape index (κ1) is 16.8. The van der Waals surface area contributed by atoms with Crippen LogP contribution in [0.3, 0.4) is 0 Å². The topological polar surface area (TPSA) is 61.6 Å².